The quantitative estimate of drug-likeness (QED) is 0.566. The van der Waals surface area contributed by atoms with Gasteiger partial charge >= 0.3 is 0 Å². The second kappa shape index (κ2) is 7.43. The van der Waals surface area contributed by atoms with Crippen molar-refractivity contribution in [1.29, 1.82) is 0 Å². The van der Waals surface area contributed by atoms with Crippen LogP contribution in [0, 0.1) is 0 Å². The van der Waals surface area contributed by atoms with E-state index in [0.29, 0.717) is 6.54 Å². The number of nitrogens with zero attached hydrogens (tertiary/aromatic N) is 4. The highest BCUT2D eigenvalue weighted by Gasteiger charge is 2.17. The normalized spacial score (nSPS) is 10.1. The predicted molar refractivity (Wildman–Crippen MR) is 74.2 cm³/mol. The smallest absolute Gasteiger partial charge is 0.237 e. The number of anilines is 2. The molecule has 0 saturated carbocycles. The Balaban J connectivity index is 3.01. The molecular weight excluding hydrogens is 286 g/mol. The molecule has 1 aromatic heterocycles. The van der Waals surface area contributed by atoms with Crippen molar-refractivity contribution in [2.24, 2.45) is 11.5 Å². The molecule has 0 aliphatic heterocycles. The van der Waals surface area contributed by atoms with Gasteiger partial charge in [-0.1, -0.05) is 6.92 Å². The van der Waals surface area contributed by atoms with Crippen LogP contribution in [0.15, 0.2) is 0 Å². The number of halogens is 1. The van der Waals surface area contributed by atoms with E-state index in [1.165, 1.54) is 4.90 Å². The molecule has 5 N–H and O–H groups in total. The fourth-order valence-electron chi connectivity index (χ4n) is 1.37. The number of carbonyl (C=O) groups excluding carboxylic acids is 2. The van der Waals surface area contributed by atoms with Crippen molar-refractivity contribution in [3.8, 4) is 0 Å². The Kier molecular flexibility index (Phi) is 5.91. The molecule has 0 radical (unpaired) electrons. The van der Waals surface area contributed by atoms with Crippen LogP contribution in [0.4, 0.5) is 11.9 Å². The number of hydrogen-bond acceptors (Lipinski definition) is 7. The number of carbonyl (C=O) groups is 2. The van der Waals surface area contributed by atoms with E-state index in [-0.39, 0.29) is 30.3 Å². The fraction of sp³-hybridized carbons (Fsp3) is 0.500. The summed E-state index contributed by atoms with van der Waals surface area (Å²) in [7, 11) is 0. The van der Waals surface area contributed by atoms with Crippen LogP contribution in [0.1, 0.15) is 13.3 Å². The highest BCUT2D eigenvalue weighted by Crippen LogP contribution is 2.13. The van der Waals surface area contributed by atoms with Crippen molar-refractivity contribution in [2.75, 3.05) is 29.9 Å². The molecule has 0 bridgehead atoms. The Morgan fingerprint density at radius 2 is 1.80 bits per heavy atom. The Labute approximate surface area is 120 Å². The third-order valence-electron chi connectivity index (χ3n) is 2.11. The number of primary amides is 2. The molecule has 1 heterocycles. The minimum Gasteiger partial charge on any atom is -0.368 e. The van der Waals surface area contributed by atoms with Gasteiger partial charge in [0.05, 0.1) is 0 Å². The number of nitrogens with two attached hydrogens (primary N) is 2. The molecule has 1 rings (SSSR count). The van der Waals surface area contributed by atoms with Crippen LogP contribution in [0.2, 0.25) is 5.28 Å². The molecule has 0 aromatic carbocycles. The Bertz CT molecular complexity index is 480. The summed E-state index contributed by atoms with van der Waals surface area (Å²) in [6, 6.07) is 0. The summed E-state index contributed by atoms with van der Waals surface area (Å²) in [5, 5.41) is 2.87. The number of rotatable bonds is 8. The summed E-state index contributed by atoms with van der Waals surface area (Å²) >= 11 is 5.78. The molecule has 2 amide bonds. The average molecular weight is 302 g/mol. The van der Waals surface area contributed by atoms with E-state index in [0.717, 1.165) is 6.42 Å². The van der Waals surface area contributed by atoms with Crippen LogP contribution in [0.25, 0.3) is 0 Å². The maximum absolute atomic E-state index is 11.0. The molecule has 20 heavy (non-hydrogen) atoms. The zero-order valence-electron chi connectivity index (χ0n) is 11.0. The zero-order valence-corrected chi connectivity index (χ0v) is 11.7. The lowest BCUT2D eigenvalue weighted by atomic mass is 10.4. The lowest BCUT2D eigenvalue weighted by molar-refractivity contribution is -0.117. The first-order chi connectivity index (χ1) is 9.42. The summed E-state index contributed by atoms with van der Waals surface area (Å²) in [5.41, 5.74) is 10.2. The molecule has 110 valence electrons. The molecule has 0 atom stereocenters. The number of aromatic nitrogens is 3. The van der Waals surface area contributed by atoms with Crippen molar-refractivity contribution >= 4 is 35.3 Å². The third kappa shape index (κ3) is 5.22. The van der Waals surface area contributed by atoms with E-state index in [4.69, 9.17) is 23.1 Å². The van der Waals surface area contributed by atoms with Crippen molar-refractivity contribution in [3.63, 3.8) is 0 Å². The van der Waals surface area contributed by atoms with E-state index in [1.807, 2.05) is 6.92 Å². The van der Waals surface area contributed by atoms with Crippen LogP contribution in [-0.2, 0) is 9.59 Å². The second-order valence-corrected chi connectivity index (χ2v) is 4.28. The minimum atomic E-state index is -0.647. The van der Waals surface area contributed by atoms with Gasteiger partial charge in [0, 0.05) is 6.54 Å². The van der Waals surface area contributed by atoms with Crippen LogP contribution in [0.5, 0.6) is 0 Å². The van der Waals surface area contributed by atoms with Gasteiger partial charge < -0.3 is 21.7 Å². The summed E-state index contributed by atoms with van der Waals surface area (Å²) < 4.78 is 0. The minimum absolute atomic E-state index is 0.0567. The number of hydrogen-bond donors (Lipinski definition) is 3. The molecule has 0 aliphatic carbocycles. The SMILES string of the molecule is CCCNc1nc(Cl)nc(N(CC(N)=O)CC(N)=O)n1. The van der Waals surface area contributed by atoms with Gasteiger partial charge in [0.2, 0.25) is 29.0 Å². The molecule has 0 spiro atoms. The predicted octanol–water partition coefficient (Wildman–Crippen LogP) is -0.876. The van der Waals surface area contributed by atoms with Crippen LogP contribution >= 0.6 is 11.6 Å². The standard InChI is InChI=1S/C10H16ClN7O2/c1-2-3-14-9-15-8(11)16-10(17-9)18(4-6(12)19)5-7(13)20/h2-5H2,1H3,(H2,12,19)(H2,13,20)(H,14,15,16,17). The first-order valence-electron chi connectivity index (χ1n) is 5.89. The van der Waals surface area contributed by atoms with Gasteiger partial charge in [0.1, 0.15) is 13.1 Å². The summed E-state index contributed by atoms with van der Waals surface area (Å²) in [6.07, 6.45) is 0.866. The van der Waals surface area contributed by atoms with Gasteiger partial charge in [-0.15, -0.1) is 0 Å². The Hall–Kier alpha value is -2.16. The molecule has 0 aliphatic rings. The van der Waals surface area contributed by atoms with Crippen LogP contribution in [-0.4, -0.2) is 46.4 Å². The van der Waals surface area contributed by atoms with Crippen LogP contribution in [0.3, 0.4) is 0 Å². The third-order valence-corrected chi connectivity index (χ3v) is 2.27. The van der Waals surface area contributed by atoms with E-state index < -0.39 is 11.8 Å². The van der Waals surface area contributed by atoms with E-state index >= 15 is 0 Å². The molecular formula is C10H16ClN7O2. The van der Waals surface area contributed by atoms with Gasteiger partial charge in [-0.2, -0.15) is 15.0 Å². The van der Waals surface area contributed by atoms with Gasteiger partial charge in [-0.25, -0.2) is 0 Å². The highest BCUT2D eigenvalue weighted by atomic mass is 35.5. The Morgan fingerprint density at radius 1 is 1.20 bits per heavy atom. The molecule has 9 nitrogen and oxygen atoms in total. The number of amides is 2. The van der Waals surface area contributed by atoms with Crippen molar-refractivity contribution in [1.82, 2.24) is 15.0 Å². The fourth-order valence-corrected chi connectivity index (χ4v) is 1.53. The zero-order chi connectivity index (χ0) is 15.1. The molecule has 0 unspecified atom stereocenters. The van der Waals surface area contributed by atoms with Gasteiger partial charge in [-0.3, -0.25) is 9.59 Å². The number of nitrogens with one attached hydrogen (secondary N) is 1. The van der Waals surface area contributed by atoms with Gasteiger partial charge in [0.25, 0.3) is 0 Å². The van der Waals surface area contributed by atoms with E-state index in [9.17, 15) is 9.59 Å². The molecule has 10 heteroatoms. The summed E-state index contributed by atoms with van der Waals surface area (Å²) in [4.78, 5) is 35.1. The van der Waals surface area contributed by atoms with Crippen molar-refractivity contribution < 1.29 is 9.59 Å². The topological polar surface area (TPSA) is 140 Å². The summed E-state index contributed by atoms with van der Waals surface area (Å²) in [6.45, 7) is 2.11. The molecule has 1 aromatic rings. The average Bonchev–Trinajstić information content (AvgIpc) is 2.33. The summed E-state index contributed by atoms with van der Waals surface area (Å²) in [5.74, 6) is -0.987. The first kappa shape index (κ1) is 15.9. The lowest BCUT2D eigenvalue weighted by Gasteiger charge is -2.19. The van der Waals surface area contributed by atoms with Crippen LogP contribution < -0.4 is 21.7 Å². The maximum atomic E-state index is 11.0. The maximum Gasteiger partial charge on any atom is 0.237 e. The molecule has 0 saturated heterocycles. The largest absolute Gasteiger partial charge is 0.368 e. The van der Waals surface area contributed by atoms with E-state index in [2.05, 4.69) is 20.3 Å². The van der Waals surface area contributed by atoms with Crippen molar-refractivity contribution in [3.05, 3.63) is 5.28 Å². The van der Waals surface area contributed by atoms with E-state index in [1.54, 1.807) is 0 Å². The van der Waals surface area contributed by atoms with Gasteiger partial charge in [0.15, 0.2) is 0 Å². The Morgan fingerprint density at radius 3 is 2.30 bits per heavy atom. The monoisotopic (exact) mass is 301 g/mol. The highest BCUT2D eigenvalue weighted by molar-refractivity contribution is 6.28. The van der Waals surface area contributed by atoms with Crippen molar-refractivity contribution in [2.45, 2.75) is 13.3 Å². The molecule has 0 fully saturated rings. The van der Waals surface area contributed by atoms with Gasteiger partial charge in [-0.05, 0) is 18.0 Å². The first-order valence-corrected chi connectivity index (χ1v) is 6.27. The second-order valence-electron chi connectivity index (χ2n) is 3.94. The lowest BCUT2D eigenvalue weighted by Crippen LogP contribution is -2.40.